The number of thiazole rings is 1. The summed E-state index contributed by atoms with van der Waals surface area (Å²) in [5, 5.41) is 13.8. The number of carbonyl (C=O) groups is 1. The molecule has 0 saturated carbocycles. The smallest absolute Gasteiger partial charge is 0.320 e. The van der Waals surface area contributed by atoms with E-state index in [-0.39, 0.29) is 27.0 Å². The van der Waals surface area contributed by atoms with Crippen molar-refractivity contribution in [3.63, 3.8) is 0 Å². The quantitative estimate of drug-likeness (QED) is 0.228. The van der Waals surface area contributed by atoms with Crippen molar-refractivity contribution in [2.24, 2.45) is 0 Å². The van der Waals surface area contributed by atoms with E-state index >= 15 is 0 Å². The molecule has 1 heterocycles. The zero-order valence-corrected chi connectivity index (χ0v) is 18.5. The molecule has 0 aliphatic rings. The molecule has 0 aliphatic carbocycles. The van der Waals surface area contributed by atoms with Crippen LogP contribution in [0, 0.1) is 10.1 Å². The zero-order valence-electron chi connectivity index (χ0n) is 17.0. The summed E-state index contributed by atoms with van der Waals surface area (Å²) in [5.74, 6) is -0.714. The third kappa shape index (κ3) is 4.92. The van der Waals surface area contributed by atoms with E-state index in [1.54, 1.807) is 24.3 Å². The predicted molar refractivity (Wildman–Crippen MR) is 124 cm³/mol. The highest BCUT2D eigenvalue weighted by molar-refractivity contribution is 7.17. The van der Waals surface area contributed by atoms with Gasteiger partial charge in [-0.15, -0.1) is 11.3 Å². The fraction of sp³-hybridized carbons (Fsp3) is 0.0435. The molecular weight excluding hydrogens is 491 g/mol. The second-order valence-corrected chi connectivity index (χ2v) is 8.42. The molecule has 3 aromatic carbocycles. The molecule has 1 amide bonds. The maximum atomic E-state index is 13.2. The van der Waals surface area contributed by atoms with Gasteiger partial charge in [0.2, 0.25) is 0 Å². The number of benzene rings is 3. The highest BCUT2D eigenvalue weighted by atomic mass is 35.5. The largest absolute Gasteiger partial charge is 0.416 e. The topological polar surface area (TPSA) is 85.1 Å². The van der Waals surface area contributed by atoms with Crippen molar-refractivity contribution < 1.29 is 22.9 Å². The van der Waals surface area contributed by atoms with Gasteiger partial charge >= 0.3 is 6.18 Å². The van der Waals surface area contributed by atoms with Gasteiger partial charge in [-0.3, -0.25) is 14.9 Å². The van der Waals surface area contributed by atoms with Gasteiger partial charge < -0.3 is 5.32 Å². The lowest BCUT2D eigenvalue weighted by molar-refractivity contribution is -0.384. The second kappa shape index (κ2) is 9.24. The molecule has 4 aromatic rings. The Bertz CT molecular complexity index is 1370. The summed E-state index contributed by atoms with van der Waals surface area (Å²) in [6.45, 7) is 0. The summed E-state index contributed by atoms with van der Waals surface area (Å²) in [6.07, 6.45) is -4.61. The van der Waals surface area contributed by atoms with Crippen molar-refractivity contribution in [2.75, 3.05) is 5.32 Å². The minimum absolute atomic E-state index is 0.0639. The number of nitro benzene ring substituents is 1. The monoisotopic (exact) mass is 503 g/mol. The van der Waals surface area contributed by atoms with Gasteiger partial charge in [-0.25, -0.2) is 4.98 Å². The molecule has 6 nitrogen and oxygen atoms in total. The predicted octanol–water partition coefficient (Wildman–Crippen LogP) is 7.31. The first kappa shape index (κ1) is 23.4. The van der Waals surface area contributed by atoms with Crippen molar-refractivity contribution in [1.29, 1.82) is 0 Å². The fourth-order valence-corrected chi connectivity index (χ4v) is 4.24. The van der Waals surface area contributed by atoms with Crippen LogP contribution in [0.4, 0.5) is 24.5 Å². The number of non-ortho nitro benzene ring substituents is 1. The molecule has 0 atom stereocenters. The number of nitrogens with zero attached hydrogens (tertiary/aromatic N) is 2. The maximum Gasteiger partial charge on any atom is 0.416 e. The molecule has 0 spiro atoms. The van der Waals surface area contributed by atoms with Crippen molar-refractivity contribution >= 4 is 40.2 Å². The first-order valence-corrected chi connectivity index (χ1v) is 10.8. The van der Waals surface area contributed by atoms with Crippen LogP contribution >= 0.6 is 22.9 Å². The lowest BCUT2D eigenvalue weighted by atomic mass is 10.1. The van der Waals surface area contributed by atoms with Crippen molar-refractivity contribution in [3.05, 3.63) is 98.4 Å². The molecule has 0 radical (unpaired) electrons. The minimum Gasteiger partial charge on any atom is -0.320 e. The summed E-state index contributed by atoms with van der Waals surface area (Å²) >= 11 is 7.06. The number of anilines is 1. The summed E-state index contributed by atoms with van der Waals surface area (Å²) < 4.78 is 39.3. The fourth-order valence-electron chi connectivity index (χ4n) is 3.09. The Balaban J connectivity index is 1.76. The number of hydrogen-bond donors (Lipinski definition) is 1. The summed E-state index contributed by atoms with van der Waals surface area (Å²) in [4.78, 5) is 28.2. The van der Waals surface area contributed by atoms with E-state index in [1.807, 2.05) is 6.07 Å². The van der Waals surface area contributed by atoms with Crippen LogP contribution < -0.4 is 5.32 Å². The maximum absolute atomic E-state index is 13.2. The normalized spacial score (nSPS) is 11.3. The summed E-state index contributed by atoms with van der Waals surface area (Å²) in [5.41, 5.74) is 0.0994. The number of amides is 1. The number of hydrogen-bond acceptors (Lipinski definition) is 5. The van der Waals surface area contributed by atoms with E-state index in [2.05, 4.69) is 10.3 Å². The van der Waals surface area contributed by atoms with Gasteiger partial charge in [-0.05, 0) is 30.3 Å². The number of nitro groups is 1. The molecule has 1 aromatic heterocycles. The Morgan fingerprint density at radius 3 is 2.29 bits per heavy atom. The van der Waals surface area contributed by atoms with E-state index in [0.29, 0.717) is 10.6 Å². The number of nitrogens with one attached hydrogen (secondary N) is 1. The van der Waals surface area contributed by atoms with Crippen LogP contribution in [0.5, 0.6) is 0 Å². The van der Waals surface area contributed by atoms with E-state index < -0.39 is 22.6 Å². The van der Waals surface area contributed by atoms with E-state index in [4.69, 9.17) is 11.6 Å². The average Bonchev–Trinajstić information content (AvgIpc) is 3.26. The molecular formula is C23H13ClF3N3O3S. The van der Waals surface area contributed by atoms with Crippen LogP contribution in [-0.4, -0.2) is 15.8 Å². The zero-order chi connectivity index (χ0) is 24.5. The highest BCUT2D eigenvalue weighted by Crippen LogP contribution is 2.37. The summed E-state index contributed by atoms with van der Waals surface area (Å²) in [7, 11) is 0. The molecule has 4 rings (SSSR count). The van der Waals surface area contributed by atoms with Crippen LogP contribution in [0.15, 0.2) is 72.8 Å². The molecule has 1 N–H and O–H groups in total. The standard InChI is InChI=1S/C23H13ClF3N3O3S/c24-17-11-8-15(23(25,26)27)12-18(17)28-21(31)20-19(13-6-9-16(10-7-13)30(32)33)29-22(34-20)14-4-2-1-3-5-14/h1-12H,(H,28,31). The second-order valence-electron chi connectivity index (χ2n) is 7.01. The minimum atomic E-state index is -4.61. The lowest BCUT2D eigenvalue weighted by Crippen LogP contribution is -2.13. The van der Waals surface area contributed by atoms with E-state index in [0.717, 1.165) is 35.1 Å². The summed E-state index contributed by atoms with van der Waals surface area (Å²) in [6, 6.07) is 17.1. The molecule has 0 saturated heterocycles. The van der Waals surface area contributed by atoms with Crippen LogP contribution in [0.1, 0.15) is 15.2 Å². The van der Waals surface area contributed by atoms with Gasteiger partial charge in [0.25, 0.3) is 11.6 Å². The Labute approximate surface area is 199 Å². The van der Waals surface area contributed by atoms with Crippen LogP contribution in [-0.2, 0) is 6.18 Å². The van der Waals surface area contributed by atoms with Crippen molar-refractivity contribution in [3.8, 4) is 21.8 Å². The van der Waals surface area contributed by atoms with Gasteiger partial charge in [0.1, 0.15) is 9.88 Å². The molecule has 0 aliphatic heterocycles. The Morgan fingerprint density at radius 2 is 1.68 bits per heavy atom. The average molecular weight is 504 g/mol. The number of rotatable bonds is 5. The third-order valence-corrected chi connectivity index (χ3v) is 6.18. The van der Waals surface area contributed by atoms with Gasteiger partial charge in [-0.1, -0.05) is 41.9 Å². The van der Waals surface area contributed by atoms with Crippen LogP contribution in [0.3, 0.4) is 0 Å². The van der Waals surface area contributed by atoms with Gasteiger partial charge in [0, 0.05) is 23.3 Å². The third-order valence-electron chi connectivity index (χ3n) is 4.75. The lowest BCUT2D eigenvalue weighted by Gasteiger charge is -2.11. The number of halogens is 4. The Kier molecular flexibility index (Phi) is 6.36. The Morgan fingerprint density at radius 1 is 1.00 bits per heavy atom. The van der Waals surface area contributed by atoms with Gasteiger partial charge in [-0.2, -0.15) is 13.2 Å². The van der Waals surface area contributed by atoms with Crippen molar-refractivity contribution in [1.82, 2.24) is 4.98 Å². The first-order chi connectivity index (χ1) is 16.1. The number of alkyl halides is 3. The number of carbonyl (C=O) groups excluding carboxylic acids is 1. The van der Waals surface area contributed by atoms with Crippen LogP contribution in [0.25, 0.3) is 21.8 Å². The first-order valence-electron chi connectivity index (χ1n) is 9.62. The molecule has 11 heteroatoms. The van der Waals surface area contributed by atoms with E-state index in [9.17, 15) is 28.1 Å². The van der Waals surface area contributed by atoms with Gasteiger partial charge in [0.05, 0.1) is 26.9 Å². The molecule has 0 bridgehead atoms. The SMILES string of the molecule is O=C(Nc1cc(C(F)(F)F)ccc1Cl)c1sc(-c2ccccc2)nc1-c1ccc([N+](=O)[O-])cc1. The highest BCUT2D eigenvalue weighted by Gasteiger charge is 2.31. The van der Waals surface area contributed by atoms with Gasteiger partial charge in [0.15, 0.2) is 0 Å². The van der Waals surface area contributed by atoms with E-state index in [1.165, 1.54) is 24.3 Å². The molecule has 0 fully saturated rings. The molecule has 172 valence electrons. The molecule has 0 unspecified atom stereocenters. The Hall–Kier alpha value is -3.76. The number of aromatic nitrogens is 1. The van der Waals surface area contributed by atoms with Crippen LogP contribution in [0.2, 0.25) is 5.02 Å². The molecule has 34 heavy (non-hydrogen) atoms. The van der Waals surface area contributed by atoms with Crippen molar-refractivity contribution in [2.45, 2.75) is 6.18 Å².